The lowest BCUT2D eigenvalue weighted by Crippen LogP contribution is -2.54. The summed E-state index contributed by atoms with van der Waals surface area (Å²) >= 11 is 0. The van der Waals surface area contributed by atoms with Gasteiger partial charge in [-0.25, -0.2) is 0 Å². The van der Waals surface area contributed by atoms with E-state index in [-0.39, 0.29) is 17.9 Å². The molecule has 2 N–H and O–H groups in total. The van der Waals surface area contributed by atoms with E-state index in [0.717, 1.165) is 63.7 Å². The topological polar surface area (TPSA) is 52.6 Å². The second-order valence-electron chi connectivity index (χ2n) is 8.96. The van der Waals surface area contributed by atoms with Gasteiger partial charge in [0, 0.05) is 31.6 Å². The minimum atomic E-state index is -1.41. The van der Waals surface area contributed by atoms with Gasteiger partial charge in [-0.05, 0) is 44.6 Å². The fraction of sp³-hybridized carbons (Fsp3) is 0.640. The predicted molar refractivity (Wildman–Crippen MR) is 119 cm³/mol. The Morgan fingerprint density at radius 2 is 1.83 bits per heavy atom. The lowest BCUT2D eigenvalue weighted by molar-refractivity contribution is -0.148. The van der Waals surface area contributed by atoms with E-state index < -0.39 is 5.60 Å². The number of hydrogen-bond acceptors (Lipinski definition) is 3. The van der Waals surface area contributed by atoms with Gasteiger partial charge >= 0.3 is 0 Å². The van der Waals surface area contributed by atoms with Crippen molar-refractivity contribution < 1.29 is 9.90 Å². The highest BCUT2D eigenvalue weighted by atomic mass is 16.3. The normalized spacial score (nSPS) is 21.8. The van der Waals surface area contributed by atoms with E-state index >= 15 is 0 Å². The van der Waals surface area contributed by atoms with Gasteiger partial charge in [-0.1, -0.05) is 68.2 Å². The van der Waals surface area contributed by atoms with Gasteiger partial charge in [0.15, 0.2) is 5.60 Å². The first kappa shape index (κ1) is 22.0. The van der Waals surface area contributed by atoms with Crippen LogP contribution < -0.4 is 5.32 Å². The fourth-order valence-electron chi connectivity index (χ4n) is 4.92. The van der Waals surface area contributed by atoms with Crippen LogP contribution in [0.2, 0.25) is 0 Å². The van der Waals surface area contributed by atoms with Crippen molar-refractivity contribution in [1.82, 2.24) is 10.2 Å². The van der Waals surface area contributed by atoms with Crippen LogP contribution in [0.4, 0.5) is 0 Å². The molecule has 160 valence electrons. The number of likely N-dealkylation sites (tertiary alicyclic amines) is 1. The van der Waals surface area contributed by atoms with Crippen LogP contribution in [0.5, 0.6) is 0 Å². The van der Waals surface area contributed by atoms with Gasteiger partial charge in [0.2, 0.25) is 0 Å². The Labute approximate surface area is 176 Å². The molecule has 1 unspecified atom stereocenters. The van der Waals surface area contributed by atoms with E-state index in [1.807, 2.05) is 30.3 Å². The van der Waals surface area contributed by atoms with Crippen LogP contribution >= 0.6 is 0 Å². The summed E-state index contributed by atoms with van der Waals surface area (Å²) in [6.45, 7) is 7.42. The molecular formula is C25H38N2O2. The van der Waals surface area contributed by atoms with Crippen molar-refractivity contribution in [1.29, 1.82) is 0 Å². The molecule has 2 fully saturated rings. The van der Waals surface area contributed by atoms with E-state index in [4.69, 9.17) is 0 Å². The Hall–Kier alpha value is -1.65. The van der Waals surface area contributed by atoms with E-state index in [0.29, 0.717) is 0 Å². The summed E-state index contributed by atoms with van der Waals surface area (Å²) in [4.78, 5) is 15.8. The van der Waals surface area contributed by atoms with Crippen LogP contribution in [0.1, 0.15) is 70.8 Å². The van der Waals surface area contributed by atoms with Gasteiger partial charge in [-0.15, -0.1) is 0 Å². The summed E-state index contributed by atoms with van der Waals surface area (Å²) in [5, 5.41) is 14.8. The molecule has 0 aromatic heterocycles. The highest BCUT2D eigenvalue weighted by Crippen LogP contribution is 2.41. The zero-order chi connectivity index (χ0) is 20.7. The van der Waals surface area contributed by atoms with Crippen molar-refractivity contribution in [2.75, 3.05) is 19.6 Å². The third kappa shape index (κ3) is 5.49. The lowest BCUT2D eigenvalue weighted by atomic mass is 9.79. The standard InChI is InChI=1S/C25H38N2O2/c1-3-9-20(2)14-17-27-18-15-23(16-19-27)26-24(28)25(29,22-12-7-8-13-22)21-10-5-4-6-11-21/h4-6,10-11,14,22-23,29H,3,7-9,12-13,15-19H2,1-2H3,(H,26,28). The van der Waals surface area contributed by atoms with Crippen LogP contribution in [0.15, 0.2) is 42.0 Å². The molecule has 1 heterocycles. The van der Waals surface area contributed by atoms with Gasteiger partial charge in [0.25, 0.3) is 5.91 Å². The number of carbonyl (C=O) groups excluding carboxylic acids is 1. The molecule has 1 saturated heterocycles. The average Bonchev–Trinajstić information content (AvgIpc) is 3.29. The number of aliphatic hydroxyl groups is 1. The van der Waals surface area contributed by atoms with Crippen molar-refractivity contribution in [3.63, 3.8) is 0 Å². The molecule has 1 aliphatic heterocycles. The highest BCUT2D eigenvalue weighted by Gasteiger charge is 2.46. The number of carbonyl (C=O) groups is 1. The van der Waals surface area contributed by atoms with Gasteiger partial charge < -0.3 is 10.4 Å². The van der Waals surface area contributed by atoms with Crippen LogP contribution in [0, 0.1) is 5.92 Å². The first-order valence-electron chi connectivity index (χ1n) is 11.5. The van der Waals surface area contributed by atoms with Crippen LogP contribution in [0.3, 0.4) is 0 Å². The molecule has 0 bridgehead atoms. The van der Waals surface area contributed by atoms with Gasteiger partial charge in [-0.2, -0.15) is 0 Å². The van der Waals surface area contributed by atoms with E-state index in [9.17, 15) is 9.90 Å². The summed E-state index contributed by atoms with van der Waals surface area (Å²) in [6.07, 6.45) is 10.6. The van der Waals surface area contributed by atoms with Crippen molar-refractivity contribution in [2.45, 2.75) is 76.9 Å². The van der Waals surface area contributed by atoms with Crippen molar-refractivity contribution in [3.05, 3.63) is 47.5 Å². The zero-order valence-corrected chi connectivity index (χ0v) is 18.2. The molecule has 3 rings (SSSR count). The Morgan fingerprint density at radius 1 is 1.17 bits per heavy atom. The van der Waals surface area contributed by atoms with E-state index in [1.165, 1.54) is 18.4 Å². The summed E-state index contributed by atoms with van der Waals surface area (Å²) in [7, 11) is 0. The van der Waals surface area contributed by atoms with Crippen molar-refractivity contribution in [2.24, 2.45) is 5.92 Å². The van der Waals surface area contributed by atoms with Crippen LogP contribution in [-0.2, 0) is 10.4 Å². The largest absolute Gasteiger partial charge is 0.375 e. The number of rotatable bonds is 8. The molecule has 1 atom stereocenters. The van der Waals surface area contributed by atoms with Crippen LogP contribution in [0.25, 0.3) is 0 Å². The number of piperidine rings is 1. The molecule has 2 aliphatic rings. The summed E-state index contributed by atoms with van der Waals surface area (Å²) in [6, 6.07) is 9.69. The molecule has 29 heavy (non-hydrogen) atoms. The number of benzene rings is 1. The quantitative estimate of drug-likeness (QED) is 0.639. The maximum absolute atomic E-state index is 13.3. The minimum Gasteiger partial charge on any atom is -0.375 e. The summed E-state index contributed by atoms with van der Waals surface area (Å²) in [5.41, 5.74) is 0.792. The molecular weight excluding hydrogens is 360 g/mol. The first-order chi connectivity index (χ1) is 14.0. The average molecular weight is 399 g/mol. The summed E-state index contributed by atoms with van der Waals surface area (Å²) in [5.74, 6) is -0.190. The Bertz CT molecular complexity index is 673. The monoisotopic (exact) mass is 398 g/mol. The second kappa shape index (κ2) is 10.4. The zero-order valence-electron chi connectivity index (χ0n) is 18.2. The predicted octanol–water partition coefficient (Wildman–Crippen LogP) is 4.39. The Kier molecular flexibility index (Phi) is 7.91. The molecule has 0 spiro atoms. The number of allylic oxidation sites excluding steroid dienone is 1. The highest BCUT2D eigenvalue weighted by molar-refractivity contribution is 5.87. The Balaban J connectivity index is 1.59. The molecule has 1 amide bonds. The van der Waals surface area contributed by atoms with Crippen LogP contribution in [-0.4, -0.2) is 41.6 Å². The maximum atomic E-state index is 13.3. The molecule has 1 aromatic rings. The first-order valence-corrected chi connectivity index (χ1v) is 11.5. The smallest absolute Gasteiger partial charge is 0.257 e. The van der Waals surface area contributed by atoms with E-state index in [2.05, 4.69) is 30.1 Å². The number of hydrogen-bond donors (Lipinski definition) is 2. The fourth-order valence-corrected chi connectivity index (χ4v) is 4.92. The summed E-state index contributed by atoms with van der Waals surface area (Å²) < 4.78 is 0. The third-order valence-electron chi connectivity index (χ3n) is 6.77. The molecule has 1 aromatic carbocycles. The number of amides is 1. The van der Waals surface area contributed by atoms with E-state index in [1.54, 1.807) is 0 Å². The second-order valence-corrected chi connectivity index (χ2v) is 8.96. The Morgan fingerprint density at radius 3 is 2.45 bits per heavy atom. The van der Waals surface area contributed by atoms with Crippen molar-refractivity contribution >= 4 is 5.91 Å². The number of nitrogens with one attached hydrogen (secondary N) is 1. The van der Waals surface area contributed by atoms with Gasteiger partial charge in [-0.3, -0.25) is 9.69 Å². The third-order valence-corrected chi connectivity index (χ3v) is 6.77. The van der Waals surface area contributed by atoms with Gasteiger partial charge in [0.05, 0.1) is 0 Å². The molecule has 4 nitrogen and oxygen atoms in total. The SMILES string of the molecule is CCCC(C)=CCN1CCC(NC(=O)C(O)(c2ccccc2)C2CCCC2)CC1. The maximum Gasteiger partial charge on any atom is 0.257 e. The number of nitrogens with zero attached hydrogens (tertiary/aromatic N) is 1. The molecule has 4 heteroatoms. The van der Waals surface area contributed by atoms with Gasteiger partial charge in [0.1, 0.15) is 0 Å². The molecule has 1 saturated carbocycles. The van der Waals surface area contributed by atoms with Crippen molar-refractivity contribution in [3.8, 4) is 0 Å². The molecule has 1 aliphatic carbocycles. The lowest BCUT2D eigenvalue weighted by Gasteiger charge is -2.37. The minimum absolute atomic E-state index is 0.0108. The molecule has 0 radical (unpaired) electrons.